The second kappa shape index (κ2) is 5.23. The molecule has 0 fully saturated rings. The Balaban J connectivity index is 3.09. The summed E-state index contributed by atoms with van der Waals surface area (Å²) in [7, 11) is -2.66. The molecule has 0 amide bonds. The van der Waals surface area contributed by atoms with Crippen LogP contribution in [0.15, 0.2) is 36.0 Å². The van der Waals surface area contributed by atoms with Crippen molar-refractivity contribution >= 4 is 22.0 Å². The van der Waals surface area contributed by atoms with Crippen molar-refractivity contribution in [3.8, 4) is 0 Å². The molecule has 0 N–H and O–H groups in total. The van der Waals surface area contributed by atoms with Crippen LogP contribution in [-0.4, -0.2) is 16.3 Å². The summed E-state index contributed by atoms with van der Waals surface area (Å²) in [6.45, 7) is 13.9. The highest BCUT2D eigenvalue weighted by Gasteiger charge is 2.10. The van der Waals surface area contributed by atoms with Gasteiger partial charge in [0.25, 0.3) is 0 Å². The molecule has 0 spiro atoms. The first-order chi connectivity index (χ1) is 7.67. The molecule has 94 valence electrons. The fraction of sp³-hybridized carbons (Fsp3) is 0.429. The number of benzene rings is 1. The predicted molar refractivity (Wildman–Crippen MR) is 84.5 cm³/mol. The lowest BCUT2D eigenvalue weighted by Gasteiger charge is -2.40. The molecule has 3 heteroatoms. The zero-order chi connectivity index (χ0) is 13.1. The lowest BCUT2D eigenvalue weighted by Crippen LogP contribution is -2.22. The summed E-state index contributed by atoms with van der Waals surface area (Å²) in [5, 5.41) is 0. The van der Waals surface area contributed by atoms with E-state index in [-0.39, 0.29) is 0 Å². The molecular formula is C14H24NSi2-. The van der Waals surface area contributed by atoms with Crippen molar-refractivity contribution in [3.63, 3.8) is 0 Å². The minimum absolute atomic E-state index is 1.21. The molecule has 1 aromatic rings. The van der Waals surface area contributed by atoms with Gasteiger partial charge >= 0.3 is 0 Å². The van der Waals surface area contributed by atoms with Gasteiger partial charge in [-0.25, -0.2) is 0 Å². The van der Waals surface area contributed by atoms with E-state index < -0.39 is 16.3 Å². The largest absolute Gasteiger partial charge is 0.687 e. The van der Waals surface area contributed by atoms with Crippen LogP contribution in [0.25, 0.3) is 10.7 Å². The lowest BCUT2D eigenvalue weighted by atomic mass is 10.2. The van der Waals surface area contributed by atoms with E-state index in [9.17, 15) is 0 Å². The molecule has 0 aliphatic rings. The summed E-state index contributed by atoms with van der Waals surface area (Å²) in [4.78, 5) is 5.00. The highest BCUT2D eigenvalue weighted by Crippen LogP contribution is 2.28. The lowest BCUT2D eigenvalue weighted by molar-refractivity contribution is 1.59. The van der Waals surface area contributed by atoms with Crippen molar-refractivity contribution in [3.05, 3.63) is 46.6 Å². The minimum atomic E-state index is -1.42. The van der Waals surface area contributed by atoms with Crippen LogP contribution in [-0.2, 0) is 0 Å². The van der Waals surface area contributed by atoms with Gasteiger partial charge in [-0.1, -0.05) is 69.6 Å². The summed E-state index contributed by atoms with van der Waals surface area (Å²) in [5.41, 5.74) is 4.89. The molecule has 0 atom stereocenters. The van der Waals surface area contributed by atoms with Crippen LogP contribution >= 0.6 is 0 Å². The molecule has 0 unspecified atom stereocenters. The van der Waals surface area contributed by atoms with Gasteiger partial charge in [-0.2, -0.15) is 0 Å². The average molecular weight is 263 g/mol. The van der Waals surface area contributed by atoms with Crippen LogP contribution < -0.4 is 0 Å². The maximum Gasteiger partial charge on any atom is 0.0671 e. The maximum absolute atomic E-state index is 5.00. The van der Waals surface area contributed by atoms with Crippen LogP contribution in [0.1, 0.15) is 5.56 Å². The van der Waals surface area contributed by atoms with E-state index in [1.165, 1.54) is 11.3 Å². The summed E-state index contributed by atoms with van der Waals surface area (Å²) in [6.07, 6.45) is 0. The van der Waals surface area contributed by atoms with Crippen molar-refractivity contribution in [1.82, 2.24) is 0 Å². The van der Waals surface area contributed by atoms with Crippen molar-refractivity contribution < 1.29 is 0 Å². The van der Waals surface area contributed by atoms with Crippen molar-refractivity contribution in [2.45, 2.75) is 39.3 Å². The van der Waals surface area contributed by atoms with E-state index in [0.29, 0.717) is 0 Å². The molecule has 1 nitrogen and oxygen atoms in total. The summed E-state index contributed by atoms with van der Waals surface area (Å²) < 4.78 is 0. The normalized spacial score (nSPS) is 13.6. The molecule has 0 saturated heterocycles. The molecule has 1 aromatic carbocycles. The molecule has 0 aromatic heterocycles. The highest BCUT2D eigenvalue weighted by atomic mass is 28.3. The standard InChI is InChI=1S/C14H24NSi2/c1-16(2,3)12-14(15-17(4,5)6)13-10-8-7-9-11-13/h7-12H,1-6H3/q-1/b14-12+. The van der Waals surface area contributed by atoms with Gasteiger partial charge in [-0.15, -0.1) is 11.4 Å². The maximum atomic E-state index is 5.00. The van der Waals surface area contributed by atoms with Crippen molar-refractivity contribution in [2.24, 2.45) is 0 Å². The number of hydrogen-bond acceptors (Lipinski definition) is 0. The number of nitrogens with zero attached hydrogens (tertiary/aromatic N) is 1. The first-order valence-corrected chi connectivity index (χ1v) is 13.2. The first-order valence-electron chi connectivity index (χ1n) is 6.19. The van der Waals surface area contributed by atoms with E-state index >= 15 is 0 Å². The SMILES string of the molecule is C[Si](C)(C)/C=C(/[N-][Si](C)(C)C)c1ccccc1. The Hall–Kier alpha value is -0.806. The van der Waals surface area contributed by atoms with Gasteiger partial charge in [0.15, 0.2) is 0 Å². The van der Waals surface area contributed by atoms with Crippen LogP contribution in [0.3, 0.4) is 0 Å². The molecule has 0 aliphatic heterocycles. The molecule has 0 radical (unpaired) electrons. The molecular weight excluding hydrogens is 238 g/mol. The smallest absolute Gasteiger partial charge is 0.0671 e. The zero-order valence-electron chi connectivity index (χ0n) is 11.9. The number of rotatable bonds is 4. The van der Waals surface area contributed by atoms with Crippen molar-refractivity contribution in [1.29, 1.82) is 0 Å². The van der Waals surface area contributed by atoms with Gasteiger partial charge in [-0.05, 0) is 13.8 Å². The Kier molecular flexibility index (Phi) is 4.39. The van der Waals surface area contributed by atoms with Gasteiger partial charge in [0.05, 0.1) is 8.07 Å². The second-order valence-electron chi connectivity index (χ2n) is 6.54. The third kappa shape index (κ3) is 5.89. The van der Waals surface area contributed by atoms with Crippen LogP contribution in [0.2, 0.25) is 39.3 Å². The topological polar surface area (TPSA) is 14.1 Å². The van der Waals surface area contributed by atoms with Gasteiger partial charge in [0.2, 0.25) is 0 Å². The zero-order valence-corrected chi connectivity index (χ0v) is 13.9. The molecule has 0 saturated carbocycles. The fourth-order valence-electron chi connectivity index (χ4n) is 1.56. The Labute approximate surface area is 108 Å². The van der Waals surface area contributed by atoms with Gasteiger partial charge < -0.3 is 4.98 Å². The Morgan fingerprint density at radius 3 is 1.88 bits per heavy atom. The second-order valence-corrected chi connectivity index (χ2v) is 16.1. The predicted octanol–water partition coefficient (Wildman–Crippen LogP) is 5.11. The Bertz CT molecular complexity index is 383. The monoisotopic (exact) mass is 262 g/mol. The minimum Gasteiger partial charge on any atom is -0.687 e. The third-order valence-corrected chi connectivity index (χ3v) is 4.15. The Morgan fingerprint density at radius 1 is 0.941 bits per heavy atom. The highest BCUT2D eigenvalue weighted by molar-refractivity contribution is 6.85. The summed E-state index contributed by atoms with van der Waals surface area (Å²) in [6, 6.07) is 10.6. The first kappa shape index (κ1) is 14.3. The number of hydrogen-bond donors (Lipinski definition) is 0. The fourth-order valence-corrected chi connectivity index (χ4v) is 3.66. The molecule has 0 aliphatic carbocycles. The molecule has 17 heavy (non-hydrogen) atoms. The van der Waals surface area contributed by atoms with Crippen molar-refractivity contribution in [2.75, 3.05) is 0 Å². The molecule has 0 bridgehead atoms. The van der Waals surface area contributed by atoms with E-state index in [4.69, 9.17) is 4.98 Å². The van der Waals surface area contributed by atoms with Gasteiger partial charge in [-0.3, -0.25) is 0 Å². The van der Waals surface area contributed by atoms with E-state index in [1.807, 2.05) is 0 Å². The Morgan fingerprint density at radius 2 is 1.47 bits per heavy atom. The van der Waals surface area contributed by atoms with E-state index in [0.717, 1.165) is 0 Å². The van der Waals surface area contributed by atoms with E-state index in [1.54, 1.807) is 0 Å². The van der Waals surface area contributed by atoms with Crippen LogP contribution in [0, 0.1) is 0 Å². The van der Waals surface area contributed by atoms with Crippen LogP contribution in [0.5, 0.6) is 0 Å². The van der Waals surface area contributed by atoms with E-state index in [2.05, 4.69) is 75.3 Å². The average Bonchev–Trinajstić information content (AvgIpc) is 2.14. The summed E-state index contributed by atoms with van der Waals surface area (Å²) in [5.74, 6) is 0. The van der Waals surface area contributed by atoms with Gasteiger partial charge in [0.1, 0.15) is 0 Å². The van der Waals surface area contributed by atoms with Crippen LogP contribution in [0.4, 0.5) is 0 Å². The third-order valence-electron chi connectivity index (χ3n) is 2.10. The quantitative estimate of drug-likeness (QED) is 0.669. The molecule has 0 heterocycles. The van der Waals surface area contributed by atoms with Gasteiger partial charge in [0, 0.05) is 0 Å². The molecule has 1 rings (SSSR count). The summed E-state index contributed by atoms with van der Waals surface area (Å²) >= 11 is 0.